The van der Waals surface area contributed by atoms with E-state index >= 15 is 0 Å². The molecule has 0 fully saturated rings. The molecule has 0 radical (unpaired) electrons. The number of hydrogen-bond donors (Lipinski definition) is 0. The lowest BCUT2D eigenvalue weighted by Gasteiger charge is -2.06. The van der Waals surface area contributed by atoms with Crippen LogP contribution in [0.15, 0.2) is 34.1 Å². The van der Waals surface area contributed by atoms with E-state index in [2.05, 4.69) is 5.10 Å². The minimum Gasteiger partial charge on any atom is -0.303 e. The van der Waals surface area contributed by atoms with Gasteiger partial charge in [0, 0.05) is 51.2 Å². The van der Waals surface area contributed by atoms with E-state index in [1.807, 2.05) is 13.1 Å². The number of rotatable bonds is 3. The molecular formula is C11H14N4O2. The Balaban J connectivity index is 2.26. The highest BCUT2D eigenvalue weighted by Gasteiger charge is 2.04. The first-order chi connectivity index (χ1) is 8.09. The fraction of sp³-hybridized carbons (Fsp3) is 0.364. The number of nitrogens with zero attached hydrogens (tertiary/aromatic N) is 4. The molecule has 0 spiro atoms. The average molecular weight is 234 g/mol. The summed E-state index contributed by atoms with van der Waals surface area (Å²) in [5.41, 5.74) is 0.428. The van der Waals surface area contributed by atoms with Crippen LogP contribution in [0.2, 0.25) is 0 Å². The van der Waals surface area contributed by atoms with Gasteiger partial charge in [-0.2, -0.15) is 5.10 Å². The lowest BCUT2D eigenvalue weighted by molar-refractivity contribution is 0.570. The van der Waals surface area contributed by atoms with Gasteiger partial charge >= 0.3 is 5.69 Å². The van der Waals surface area contributed by atoms with E-state index in [4.69, 9.17) is 0 Å². The molecule has 6 nitrogen and oxygen atoms in total. The summed E-state index contributed by atoms with van der Waals surface area (Å²) in [5, 5.41) is 4.04. The molecule has 0 amide bonds. The van der Waals surface area contributed by atoms with Crippen LogP contribution in [-0.2, 0) is 27.1 Å². The van der Waals surface area contributed by atoms with Gasteiger partial charge in [-0.05, 0) is 6.07 Å². The van der Waals surface area contributed by atoms with Gasteiger partial charge in [-0.15, -0.1) is 0 Å². The Labute approximate surface area is 97.7 Å². The van der Waals surface area contributed by atoms with Crippen LogP contribution < -0.4 is 11.2 Å². The number of hydrogen-bond acceptors (Lipinski definition) is 3. The summed E-state index contributed by atoms with van der Waals surface area (Å²) in [4.78, 5) is 23.3. The maximum absolute atomic E-state index is 11.7. The average Bonchev–Trinajstić information content (AvgIpc) is 2.70. The summed E-state index contributed by atoms with van der Waals surface area (Å²) in [6.45, 7) is 0.367. The maximum Gasteiger partial charge on any atom is 0.330 e. The SMILES string of the molecule is Cn1nccc1CCn1c(=O)ccn(C)c1=O. The molecule has 0 aliphatic heterocycles. The van der Waals surface area contributed by atoms with Crippen molar-refractivity contribution in [2.45, 2.75) is 13.0 Å². The third kappa shape index (κ3) is 2.20. The summed E-state index contributed by atoms with van der Waals surface area (Å²) >= 11 is 0. The molecule has 0 aliphatic rings. The molecule has 2 heterocycles. The van der Waals surface area contributed by atoms with E-state index in [9.17, 15) is 9.59 Å². The topological polar surface area (TPSA) is 61.8 Å². The van der Waals surface area contributed by atoms with E-state index < -0.39 is 0 Å². The molecule has 0 N–H and O–H groups in total. The second kappa shape index (κ2) is 4.40. The second-order valence-corrected chi connectivity index (χ2v) is 3.90. The molecule has 90 valence electrons. The van der Waals surface area contributed by atoms with Crippen molar-refractivity contribution in [3.63, 3.8) is 0 Å². The van der Waals surface area contributed by atoms with E-state index in [1.54, 1.807) is 17.9 Å². The molecular weight excluding hydrogens is 220 g/mol. The summed E-state index contributed by atoms with van der Waals surface area (Å²) in [6, 6.07) is 3.27. The quantitative estimate of drug-likeness (QED) is 0.721. The zero-order chi connectivity index (χ0) is 12.4. The van der Waals surface area contributed by atoms with Crippen LogP contribution in [0, 0.1) is 0 Å². The van der Waals surface area contributed by atoms with Gasteiger partial charge in [0.1, 0.15) is 0 Å². The summed E-state index contributed by atoms with van der Waals surface area (Å²) in [5.74, 6) is 0. The minimum atomic E-state index is -0.292. The lowest BCUT2D eigenvalue weighted by atomic mass is 10.3. The van der Waals surface area contributed by atoms with Gasteiger partial charge in [0.15, 0.2) is 0 Å². The molecule has 0 saturated carbocycles. The highest BCUT2D eigenvalue weighted by molar-refractivity contribution is 5.00. The van der Waals surface area contributed by atoms with Crippen LogP contribution in [0.5, 0.6) is 0 Å². The zero-order valence-electron chi connectivity index (χ0n) is 9.83. The van der Waals surface area contributed by atoms with Crippen molar-refractivity contribution in [3.05, 3.63) is 51.1 Å². The highest BCUT2D eigenvalue weighted by atomic mass is 16.2. The molecule has 0 aromatic carbocycles. The van der Waals surface area contributed by atoms with Gasteiger partial charge < -0.3 is 4.57 Å². The third-order valence-electron chi connectivity index (χ3n) is 2.75. The van der Waals surface area contributed by atoms with Crippen molar-refractivity contribution >= 4 is 0 Å². The van der Waals surface area contributed by atoms with E-state index in [0.717, 1.165) is 5.69 Å². The standard InChI is InChI=1S/C11H14N4O2/c1-13-7-5-10(16)15(11(13)17)8-4-9-3-6-12-14(9)2/h3,5-7H,4,8H2,1-2H3. The van der Waals surface area contributed by atoms with Gasteiger partial charge in [-0.1, -0.05) is 0 Å². The predicted octanol–water partition coefficient (Wildman–Crippen LogP) is -0.477. The van der Waals surface area contributed by atoms with Crippen molar-refractivity contribution in [1.82, 2.24) is 18.9 Å². The summed E-state index contributed by atoms with van der Waals surface area (Å²) in [7, 11) is 3.46. The van der Waals surface area contributed by atoms with Crippen molar-refractivity contribution in [2.75, 3.05) is 0 Å². The summed E-state index contributed by atoms with van der Waals surface area (Å²) < 4.78 is 4.36. The molecule has 0 atom stereocenters. The Morgan fingerprint density at radius 1 is 1.24 bits per heavy atom. The fourth-order valence-electron chi connectivity index (χ4n) is 1.69. The molecule has 2 aromatic rings. The first-order valence-corrected chi connectivity index (χ1v) is 5.33. The monoisotopic (exact) mass is 234 g/mol. The van der Waals surface area contributed by atoms with Gasteiger partial charge in [0.25, 0.3) is 5.56 Å². The first-order valence-electron chi connectivity index (χ1n) is 5.33. The molecule has 6 heteroatoms. The van der Waals surface area contributed by atoms with E-state index in [1.165, 1.54) is 21.4 Å². The lowest BCUT2D eigenvalue weighted by Crippen LogP contribution is -2.38. The van der Waals surface area contributed by atoms with E-state index in [-0.39, 0.29) is 11.2 Å². The highest BCUT2D eigenvalue weighted by Crippen LogP contribution is 1.97. The Morgan fingerprint density at radius 3 is 2.65 bits per heavy atom. The Morgan fingerprint density at radius 2 is 2.00 bits per heavy atom. The van der Waals surface area contributed by atoms with Crippen LogP contribution in [0.25, 0.3) is 0 Å². The molecule has 0 bridgehead atoms. The Bertz CT molecular complexity index is 635. The molecule has 0 saturated heterocycles. The molecule has 2 rings (SSSR count). The number of aryl methyl sites for hydroxylation is 3. The fourth-order valence-corrected chi connectivity index (χ4v) is 1.69. The normalized spacial score (nSPS) is 10.7. The Kier molecular flexibility index (Phi) is 2.95. The summed E-state index contributed by atoms with van der Waals surface area (Å²) in [6.07, 6.45) is 3.78. The van der Waals surface area contributed by atoms with Crippen molar-refractivity contribution in [1.29, 1.82) is 0 Å². The maximum atomic E-state index is 11.7. The van der Waals surface area contributed by atoms with Gasteiger partial charge in [0.2, 0.25) is 0 Å². The van der Waals surface area contributed by atoms with Crippen molar-refractivity contribution in [3.8, 4) is 0 Å². The van der Waals surface area contributed by atoms with Crippen molar-refractivity contribution in [2.24, 2.45) is 14.1 Å². The smallest absolute Gasteiger partial charge is 0.303 e. The largest absolute Gasteiger partial charge is 0.330 e. The molecule has 17 heavy (non-hydrogen) atoms. The van der Waals surface area contributed by atoms with Gasteiger partial charge in [-0.25, -0.2) is 4.79 Å². The van der Waals surface area contributed by atoms with Crippen molar-refractivity contribution < 1.29 is 0 Å². The van der Waals surface area contributed by atoms with Crippen LogP contribution in [0.3, 0.4) is 0 Å². The molecule has 0 unspecified atom stereocenters. The number of aromatic nitrogens is 4. The second-order valence-electron chi connectivity index (χ2n) is 3.90. The first kappa shape index (κ1) is 11.4. The minimum absolute atomic E-state index is 0.268. The van der Waals surface area contributed by atoms with Crippen LogP contribution in [0.4, 0.5) is 0 Å². The Hall–Kier alpha value is -2.11. The van der Waals surface area contributed by atoms with Gasteiger partial charge in [-0.3, -0.25) is 14.0 Å². The third-order valence-corrected chi connectivity index (χ3v) is 2.75. The van der Waals surface area contributed by atoms with Gasteiger partial charge in [0.05, 0.1) is 0 Å². The van der Waals surface area contributed by atoms with Crippen LogP contribution >= 0.6 is 0 Å². The molecule has 0 aliphatic carbocycles. The van der Waals surface area contributed by atoms with E-state index in [0.29, 0.717) is 13.0 Å². The van der Waals surface area contributed by atoms with Crippen LogP contribution in [-0.4, -0.2) is 18.9 Å². The molecule has 2 aromatic heterocycles. The zero-order valence-corrected chi connectivity index (χ0v) is 9.83. The van der Waals surface area contributed by atoms with Crippen LogP contribution in [0.1, 0.15) is 5.69 Å². The predicted molar refractivity (Wildman–Crippen MR) is 62.9 cm³/mol.